The molecule has 0 aromatic heterocycles. The summed E-state index contributed by atoms with van der Waals surface area (Å²) < 4.78 is 11.2. The Labute approximate surface area is 139 Å². The van der Waals surface area contributed by atoms with Gasteiger partial charge >= 0.3 is 0 Å². The molecule has 0 aliphatic carbocycles. The fourth-order valence-corrected chi connectivity index (χ4v) is 2.71. The van der Waals surface area contributed by atoms with Gasteiger partial charge in [0.15, 0.2) is 0 Å². The second kappa shape index (κ2) is 10.3. The van der Waals surface area contributed by atoms with Crippen molar-refractivity contribution in [3.8, 4) is 5.75 Å². The number of rotatable bonds is 10. The fourth-order valence-electron chi connectivity index (χ4n) is 2.71. The zero-order valence-electron chi connectivity index (χ0n) is 14.2. The zero-order chi connectivity index (χ0) is 16.3. The van der Waals surface area contributed by atoms with Crippen LogP contribution in [0.3, 0.4) is 0 Å². The van der Waals surface area contributed by atoms with Gasteiger partial charge in [-0.1, -0.05) is 32.6 Å². The molecule has 1 saturated heterocycles. The molecule has 2 rings (SSSR count). The fraction of sp³-hybridized carbons (Fsp3) is 0.632. The Kier molecular flexibility index (Phi) is 7.95. The summed E-state index contributed by atoms with van der Waals surface area (Å²) in [5, 5.41) is 2.94. The van der Waals surface area contributed by atoms with Gasteiger partial charge in [0.05, 0.1) is 6.10 Å². The van der Waals surface area contributed by atoms with Gasteiger partial charge in [-0.25, -0.2) is 0 Å². The first-order chi connectivity index (χ1) is 11.3. The molecule has 1 heterocycles. The van der Waals surface area contributed by atoms with Gasteiger partial charge in [0.1, 0.15) is 12.4 Å². The molecule has 1 aromatic carbocycles. The van der Waals surface area contributed by atoms with Crippen molar-refractivity contribution in [2.45, 2.75) is 64.4 Å². The minimum Gasteiger partial charge on any atom is -0.491 e. The largest absolute Gasteiger partial charge is 0.491 e. The number of carbonyl (C=O) groups is 1. The van der Waals surface area contributed by atoms with Crippen LogP contribution in [0, 0.1) is 0 Å². The lowest BCUT2D eigenvalue weighted by Crippen LogP contribution is -2.16. The molecule has 0 saturated carbocycles. The van der Waals surface area contributed by atoms with E-state index in [-0.39, 0.29) is 12.0 Å². The van der Waals surface area contributed by atoms with Crippen molar-refractivity contribution >= 4 is 11.6 Å². The number of anilines is 1. The van der Waals surface area contributed by atoms with E-state index in [4.69, 9.17) is 9.47 Å². The average molecular weight is 319 g/mol. The van der Waals surface area contributed by atoms with Crippen LogP contribution in [0.4, 0.5) is 5.69 Å². The van der Waals surface area contributed by atoms with Crippen molar-refractivity contribution in [2.75, 3.05) is 18.5 Å². The molecule has 1 fully saturated rings. The molecule has 1 aliphatic heterocycles. The monoisotopic (exact) mass is 319 g/mol. The summed E-state index contributed by atoms with van der Waals surface area (Å²) in [6, 6.07) is 7.57. The predicted octanol–water partition coefficient (Wildman–Crippen LogP) is 4.54. The molecule has 4 heteroatoms. The Bertz CT molecular complexity index is 452. The maximum atomic E-state index is 11.9. The predicted molar refractivity (Wildman–Crippen MR) is 92.9 cm³/mol. The van der Waals surface area contributed by atoms with Crippen LogP contribution in [-0.2, 0) is 9.53 Å². The van der Waals surface area contributed by atoms with Crippen LogP contribution in [0.25, 0.3) is 0 Å². The minimum absolute atomic E-state index is 0.0922. The number of unbranched alkanes of at least 4 members (excludes halogenated alkanes) is 4. The van der Waals surface area contributed by atoms with Gasteiger partial charge in [0.2, 0.25) is 5.91 Å². The third-order valence-corrected chi connectivity index (χ3v) is 4.11. The van der Waals surface area contributed by atoms with Gasteiger partial charge in [0, 0.05) is 18.7 Å². The highest BCUT2D eigenvalue weighted by molar-refractivity contribution is 5.90. The molecule has 0 bridgehead atoms. The summed E-state index contributed by atoms with van der Waals surface area (Å²) in [4.78, 5) is 11.9. The topological polar surface area (TPSA) is 47.6 Å². The standard InChI is InChI=1S/C19H29NO3/c1-2-3-4-5-6-9-19(21)20-16-10-12-17(13-11-16)23-15-18-8-7-14-22-18/h10-13,18H,2-9,14-15H2,1H3,(H,20,21). The molecule has 1 N–H and O–H groups in total. The van der Waals surface area contributed by atoms with Crippen molar-refractivity contribution in [2.24, 2.45) is 0 Å². The number of ether oxygens (including phenoxy) is 2. The van der Waals surface area contributed by atoms with E-state index < -0.39 is 0 Å². The lowest BCUT2D eigenvalue weighted by molar-refractivity contribution is -0.116. The van der Waals surface area contributed by atoms with Crippen molar-refractivity contribution in [1.82, 2.24) is 0 Å². The summed E-state index contributed by atoms with van der Waals surface area (Å²) in [6.45, 7) is 3.64. The first kappa shape index (κ1) is 17.8. The minimum atomic E-state index is 0.0922. The SMILES string of the molecule is CCCCCCCC(=O)Nc1ccc(OCC2CCCO2)cc1. The first-order valence-electron chi connectivity index (χ1n) is 8.92. The second-order valence-electron chi connectivity index (χ2n) is 6.18. The van der Waals surface area contributed by atoms with E-state index in [2.05, 4.69) is 12.2 Å². The van der Waals surface area contributed by atoms with Gasteiger partial charge in [-0.05, 0) is 43.5 Å². The van der Waals surface area contributed by atoms with E-state index >= 15 is 0 Å². The van der Waals surface area contributed by atoms with E-state index in [0.717, 1.165) is 43.7 Å². The van der Waals surface area contributed by atoms with Crippen LogP contribution >= 0.6 is 0 Å². The molecular weight excluding hydrogens is 290 g/mol. The van der Waals surface area contributed by atoms with E-state index in [1.165, 1.54) is 19.3 Å². The van der Waals surface area contributed by atoms with Crippen LogP contribution in [-0.4, -0.2) is 25.2 Å². The molecule has 1 atom stereocenters. The summed E-state index contributed by atoms with van der Waals surface area (Å²) in [5.74, 6) is 0.910. The lowest BCUT2D eigenvalue weighted by Gasteiger charge is -2.12. The highest BCUT2D eigenvalue weighted by Crippen LogP contribution is 2.18. The molecule has 0 spiro atoms. The van der Waals surface area contributed by atoms with E-state index in [0.29, 0.717) is 13.0 Å². The van der Waals surface area contributed by atoms with Crippen molar-refractivity contribution < 1.29 is 14.3 Å². The van der Waals surface area contributed by atoms with Gasteiger partial charge in [-0.2, -0.15) is 0 Å². The Morgan fingerprint density at radius 1 is 1.22 bits per heavy atom. The van der Waals surface area contributed by atoms with Crippen molar-refractivity contribution in [3.05, 3.63) is 24.3 Å². The Morgan fingerprint density at radius 3 is 2.70 bits per heavy atom. The van der Waals surface area contributed by atoms with Gasteiger partial charge < -0.3 is 14.8 Å². The molecule has 4 nitrogen and oxygen atoms in total. The summed E-state index contributed by atoms with van der Waals surface area (Å²) >= 11 is 0. The van der Waals surface area contributed by atoms with Crippen LogP contribution in [0.2, 0.25) is 0 Å². The number of carbonyl (C=O) groups excluding carboxylic acids is 1. The molecular formula is C19H29NO3. The molecule has 128 valence electrons. The van der Waals surface area contributed by atoms with Crippen LogP contribution in [0.1, 0.15) is 58.3 Å². The van der Waals surface area contributed by atoms with Gasteiger partial charge in [-0.3, -0.25) is 4.79 Å². The number of benzene rings is 1. The van der Waals surface area contributed by atoms with Crippen molar-refractivity contribution in [3.63, 3.8) is 0 Å². The normalized spacial score (nSPS) is 17.2. The first-order valence-corrected chi connectivity index (χ1v) is 8.92. The van der Waals surface area contributed by atoms with Crippen molar-refractivity contribution in [1.29, 1.82) is 0 Å². The summed E-state index contributed by atoms with van der Waals surface area (Å²) in [6.07, 6.45) is 8.83. The zero-order valence-corrected chi connectivity index (χ0v) is 14.2. The molecule has 1 unspecified atom stereocenters. The third kappa shape index (κ3) is 7.04. The quantitative estimate of drug-likeness (QED) is 0.644. The Morgan fingerprint density at radius 2 is 2.00 bits per heavy atom. The van der Waals surface area contributed by atoms with Crippen LogP contribution in [0.5, 0.6) is 5.75 Å². The molecule has 23 heavy (non-hydrogen) atoms. The van der Waals surface area contributed by atoms with E-state index in [9.17, 15) is 4.79 Å². The molecule has 1 aromatic rings. The Balaban J connectivity index is 1.64. The van der Waals surface area contributed by atoms with Crippen LogP contribution < -0.4 is 10.1 Å². The van der Waals surface area contributed by atoms with Gasteiger partial charge in [-0.15, -0.1) is 0 Å². The Hall–Kier alpha value is -1.55. The highest BCUT2D eigenvalue weighted by Gasteiger charge is 2.15. The summed E-state index contributed by atoms with van der Waals surface area (Å²) in [5.41, 5.74) is 0.827. The maximum Gasteiger partial charge on any atom is 0.224 e. The molecule has 1 amide bonds. The second-order valence-corrected chi connectivity index (χ2v) is 6.18. The number of hydrogen-bond acceptors (Lipinski definition) is 3. The smallest absolute Gasteiger partial charge is 0.224 e. The summed E-state index contributed by atoms with van der Waals surface area (Å²) in [7, 11) is 0. The molecule has 0 radical (unpaired) electrons. The van der Waals surface area contributed by atoms with Crippen LogP contribution in [0.15, 0.2) is 24.3 Å². The van der Waals surface area contributed by atoms with Gasteiger partial charge in [0.25, 0.3) is 0 Å². The third-order valence-electron chi connectivity index (χ3n) is 4.11. The lowest BCUT2D eigenvalue weighted by atomic mass is 10.1. The highest BCUT2D eigenvalue weighted by atomic mass is 16.5. The van der Waals surface area contributed by atoms with E-state index in [1.54, 1.807) is 0 Å². The average Bonchev–Trinajstić information content (AvgIpc) is 3.07. The molecule has 1 aliphatic rings. The number of amides is 1. The number of hydrogen-bond donors (Lipinski definition) is 1. The number of nitrogens with one attached hydrogen (secondary N) is 1. The maximum absolute atomic E-state index is 11.9. The van der Waals surface area contributed by atoms with E-state index in [1.807, 2.05) is 24.3 Å².